The summed E-state index contributed by atoms with van der Waals surface area (Å²) in [7, 11) is 0. The summed E-state index contributed by atoms with van der Waals surface area (Å²) in [6.07, 6.45) is 1.81. The Bertz CT molecular complexity index is 325. The molecule has 0 unspecified atom stereocenters. The first-order chi connectivity index (χ1) is 5.61. The number of allylic oxidation sites excluding steroid dienone is 1. The number of Topliss-reactive ketones (excluding diaryl/α,β-unsaturated/α-hetero) is 1. The highest BCUT2D eigenvalue weighted by Gasteiger charge is 2.00. The molecule has 0 saturated carbocycles. The number of thiophene rings is 1. The molecule has 1 aromatic rings. The molecule has 1 rings (SSSR count). The number of ketones is 1. The lowest BCUT2D eigenvalue weighted by Crippen LogP contribution is -1.89. The van der Waals surface area contributed by atoms with Crippen molar-refractivity contribution in [3.8, 4) is 0 Å². The van der Waals surface area contributed by atoms with Crippen LogP contribution in [0.3, 0.4) is 0 Å². The Morgan fingerprint density at radius 3 is 2.67 bits per heavy atom. The largest absolute Gasteiger partial charge is 0.295 e. The van der Waals surface area contributed by atoms with Gasteiger partial charge in [0, 0.05) is 4.88 Å². The second-order valence-corrected chi connectivity index (χ2v) is 3.87. The van der Waals surface area contributed by atoms with E-state index in [0.717, 1.165) is 10.5 Å². The van der Waals surface area contributed by atoms with E-state index in [9.17, 15) is 4.79 Å². The van der Waals surface area contributed by atoms with Crippen LogP contribution in [0.15, 0.2) is 17.0 Å². The van der Waals surface area contributed by atoms with Crippen LogP contribution in [0.4, 0.5) is 0 Å². The highest BCUT2D eigenvalue weighted by Crippen LogP contribution is 2.24. The van der Waals surface area contributed by atoms with Crippen molar-refractivity contribution in [1.29, 1.82) is 0 Å². The van der Waals surface area contributed by atoms with Gasteiger partial charge < -0.3 is 0 Å². The number of halogens is 1. The van der Waals surface area contributed by atoms with E-state index >= 15 is 0 Å². The van der Waals surface area contributed by atoms with Crippen LogP contribution in [0, 0.1) is 0 Å². The number of hydrogen-bond donors (Lipinski definition) is 0. The Hall–Kier alpha value is -0.600. The molecular formula is C9H9ClOS. The second-order valence-electron chi connectivity index (χ2n) is 2.52. The van der Waals surface area contributed by atoms with Gasteiger partial charge in [-0.05, 0) is 36.9 Å². The summed E-state index contributed by atoms with van der Waals surface area (Å²) < 4.78 is 0. The van der Waals surface area contributed by atoms with Crippen molar-refractivity contribution in [3.05, 3.63) is 26.9 Å². The zero-order valence-corrected chi connectivity index (χ0v) is 8.50. The number of hydrogen-bond acceptors (Lipinski definition) is 2. The van der Waals surface area contributed by atoms with Gasteiger partial charge >= 0.3 is 0 Å². The fourth-order valence-corrected chi connectivity index (χ4v) is 1.81. The Morgan fingerprint density at radius 1 is 1.58 bits per heavy atom. The molecule has 0 aliphatic carbocycles. The first kappa shape index (κ1) is 9.49. The maximum atomic E-state index is 10.9. The van der Waals surface area contributed by atoms with E-state index in [1.165, 1.54) is 11.3 Å². The van der Waals surface area contributed by atoms with Gasteiger partial charge in [-0.15, -0.1) is 11.3 Å². The zero-order valence-electron chi connectivity index (χ0n) is 6.93. The molecule has 0 bridgehead atoms. The van der Waals surface area contributed by atoms with Gasteiger partial charge in [-0.2, -0.15) is 0 Å². The van der Waals surface area contributed by atoms with Crippen LogP contribution < -0.4 is 0 Å². The molecule has 64 valence electrons. The Morgan fingerprint density at radius 2 is 2.25 bits per heavy atom. The molecule has 1 heterocycles. The zero-order chi connectivity index (χ0) is 9.14. The van der Waals surface area contributed by atoms with E-state index in [-0.39, 0.29) is 5.78 Å². The maximum absolute atomic E-state index is 10.9. The summed E-state index contributed by atoms with van der Waals surface area (Å²) in [6, 6.07) is 1.82. The third-order valence-corrected chi connectivity index (χ3v) is 2.85. The van der Waals surface area contributed by atoms with Crippen molar-refractivity contribution in [1.82, 2.24) is 0 Å². The highest BCUT2D eigenvalue weighted by molar-refractivity contribution is 7.11. The first-order valence-corrected chi connectivity index (χ1v) is 4.79. The molecule has 0 radical (unpaired) electrons. The molecule has 0 aromatic carbocycles. The summed E-state index contributed by atoms with van der Waals surface area (Å²) in [5.74, 6) is 0.0828. The standard InChI is InChI=1S/C9H9ClOS/c1-6(7(2)11)5-9-8(10)3-4-12-9/h3-5H,1-2H3/b6-5+. The van der Waals surface area contributed by atoms with E-state index < -0.39 is 0 Å². The maximum Gasteiger partial charge on any atom is 0.155 e. The molecular weight excluding hydrogens is 192 g/mol. The number of carbonyl (C=O) groups is 1. The molecule has 0 fully saturated rings. The Labute approximate surface area is 80.7 Å². The molecule has 0 aliphatic rings. The Kier molecular flexibility index (Phi) is 3.06. The molecule has 0 atom stereocenters. The van der Waals surface area contributed by atoms with Crippen LogP contribution in [-0.2, 0) is 4.79 Å². The predicted octanol–water partition coefficient (Wildman–Crippen LogP) is 3.39. The molecule has 0 N–H and O–H groups in total. The van der Waals surface area contributed by atoms with Gasteiger partial charge in [0.15, 0.2) is 5.78 Å². The second kappa shape index (κ2) is 3.87. The van der Waals surface area contributed by atoms with Crippen LogP contribution in [-0.4, -0.2) is 5.78 Å². The lowest BCUT2D eigenvalue weighted by Gasteiger charge is -1.92. The van der Waals surface area contributed by atoms with Crippen LogP contribution in [0.2, 0.25) is 5.02 Å². The van der Waals surface area contributed by atoms with Crippen molar-refractivity contribution in [2.45, 2.75) is 13.8 Å². The Balaban J connectivity index is 2.95. The van der Waals surface area contributed by atoms with Gasteiger partial charge in [0.25, 0.3) is 0 Å². The summed E-state index contributed by atoms with van der Waals surface area (Å²) >= 11 is 7.38. The van der Waals surface area contributed by atoms with Gasteiger partial charge in [-0.3, -0.25) is 4.79 Å². The molecule has 0 amide bonds. The van der Waals surface area contributed by atoms with Crippen molar-refractivity contribution >= 4 is 34.8 Å². The van der Waals surface area contributed by atoms with Crippen molar-refractivity contribution in [3.63, 3.8) is 0 Å². The predicted molar refractivity (Wildman–Crippen MR) is 53.7 cm³/mol. The fraction of sp³-hybridized carbons (Fsp3) is 0.222. The van der Waals surface area contributed by atoms with Gasteiger partial charge in [0.05, 0.1) is 5.02 Å². The van der Waals surface area contributed by atoms with Crippen molar-refractivity contribution in [2.24, 2.45) is 0 Å². The molecule has 1 nitrogen and oxygen atoms in total. The number of rotatable bonds is 2. The van der Waals surface area contributed by atoms with E-state index in [1.807, 2.05) is 17.5 Å². The van der Waals surface area contributed by atoms with Gasteiger partial charge in [0.1, 0.15) is 0 Å². The van der Waals surface area contributed by atoms with Crippen LogP contribution in [0.25, 0.3) is 6.08 Å². The minimum Gasteiger partial charge on any atom is -0.295 e. The fourth-order valence-electron chi connectivity index (χ4n) is 0.707. The average Bonchev–Trinajstić information content (AvgIpc) is 2.36. The normalized spacial score (nSPS) is 11.8. The molecule has 0 aliphatic heterocycles. The summed E-state index contributed by atoms with van der Waals surface area (Å²) in [5.41, 5.74) is 0.736. The average molecular weight is 201 g/mol. The van der Waals surface area contributed by atoms with Gasteiger partial charge in [0.2, 0.25) is 0 Å². The smallest absolute Gasteiger partial charge is 0.155 e. The van der Waals surface area contributed by atoms with E-state index in [1.54, 1.807) is 13.8 Å². The van der Waals surface area contributed by atoms with Crippen LogP contribution in [0.1, 0.15) is 18.7 Å². The van der Waals surface area contributed by atoms with E-state index in [4.69, 9.17) is 11.6 Å². The molecule has 1 aromatic heterocycles. The van der Waals surface area contributed by atoms with Crippen molar-refractivity contribution < 1.29 is 4.79 Å². The van der Waals surface area contributed by atoms with Crippen LogP contribution >= 0.6 is 22.9 Å². The quantitative estimate of drug-likeness (QED) is 0.669. The molecule has 3 heteroatoms. The van der Waals surface area contributed by atoms with Gasteiger partial charge in [-0.25, -0.2) is 0 Å². The number of carbonyl (C=O) groups excluding carboxylic acids is 1. The lowest BCUT2D eigenvalue weighted by molar-refractivity contribution is -0.113. The lowest BCUT2D eigenvalue weighted by atomic mass is 10.2. The van der Waals surface area contributed by atoms with E-state index in [2.05, 4.69) is 0 Å². The first-order valence-electron chi connectivity index (χ1n) is 3.53. The minimum absolute atomic E-state index is 0.0828. The third kappa shape index (κ3) is 2.19. The monoisotopic (exact) mass is 200 g/mol. The summed E-state index contributed by atoms with van der Waals surface area (Å²) in [5, 5.41) is 2.61. The topological polar surface area (TPSA) is 17.1 Å². The molecule has 0 saturated heterocycles. The minimum atomic E-state index is 0.0828. The molecule has 12 heavy (non-hydrogen) atoms. The summed E-state index contributed by atoms with van der Waals surface area (Å²) in [4.78, 5) is 11.8. The van der Waals surface area contributed by atoms with Crippen molar-refractivity contribution in [2.75, 3.05) is 0 Å². The highest BCUT2D eigenvalue weighted by atomic mass is 35.5. The third-order valence-electron chi connectivity index (χ3n) is 1.55. The van der Waals surface area contributed by atoms with E-state index in [0.29, 0.717) is 5.02 Å². The van der Waals surface area contributed by atoms with Crippen LogP contribution in [0.5, 0.6) is 0 Å². The van der Waals surface area contributed by atoms with Gasteiger partial charge in [-0.1, -0.05) is 11.6 Å². The summed E-state index contributed by atoms with van der Waals surface area (Å²) in [6.45, 7) is 3.34. The SMILES string of the molecule is CC(=O)/C(C)=C/c1sccc1Cl. The molecule has 0 spiro atoms.